The smallest absolute Gasteiger partial charge is 0.272 e. The first kappa shape index (κ1) is 16.3. The van der Waals surface area contributed by atoms with E-state index in [1.54, 1.807) is 5.01 Å². The molecular weight excluding hydrogens is 329 g/mol. The molecular formula is C16H20FN5O3. The molecule has 1 aromatic rings. The van der Waals surface area contributed by atoms with Crippen LogP contribution in [0.4, 0.5) is 15.8 Å². The Kier molecular flexibility index (Phi) is 4.12. The lowest BCUT2D eigenvalue weighted by Crippen LogP contribution is -2.66. The molecule has 1 aliphatic carbocycles. The van der Waals surface area contributed by atoms with E-state index in [0.29, 0.717) is 13.2 Å². The van der Waals surface area contributed by atoms with Crippen LogP contribution in [0.3, 0.4) is 0 Å². The van der Waals surface area contributed by atoms with Gasteiger partial charge in [-0.15, -0.1) is 0 Å². The summed E-state index contributed by atoms with van der Waals surface area (Å²) < 4.78 is 20.1. The Labute approximate surface area is 144 Å². The molecule has 2 aliphatic heterocycles. The average Bonchev–Trinajstić information content (AvgIpc) is 3.03. The van der Waals surface area contributed by atoms with E-state index in [1.807, 2.05) is 0 Å². The Morgan fingerprint density at radius 3 is 2.84 bits per heavy atom. The highest BCUT2D eigenvalue weighted by atomic mass is 19.1. The van der Waals surface area contributed by atoms with Gasteiger partial charge in [0, 0.05) is 19.2 Å². The number of morpholine rings is 1. The quantitative estimate of drug-likeness (QED) is 0.619. The van der Waals surface area contributed by atoms with Crippen molar-refractivity contribution >= 4 is 11.4 Å². The minimum absolute atomic E-state index is 0.0195. The Morgan fingerprint density at radius 2 is 2.12 bits per heavy atom. The van der Waals surface area contributed by atoms with Crippen molar-refractivity contribution in [1.82, 2.24) is 4.90 Å². The molecule has 25 heavy (non-hydrogen) atoms. The number of hydrogen-bond acceptors (Lipinski definition) is 7. The SMILES string of the molecule is O=[N+]([O-])c1ccc(N2N=NC3CCCCC32N2CCOCC2)c(F)c1. The van der Waals surface area contributed by atoms with Gasteiger partial charge in [-0.2, -0.15) is 5.11 Å². The second-order valence-electron chi connectivity index (χ2n) is 6.65. The molecule has 0 spiro atoms. The van der Waals surface area contributed by atoms with Crippen LogP contribution < -0.4 is 5.01 Å². The maximum Gasteiger partial charge on any atom is 0.272 e. The van der Waals surface area contributed by atoms with Crippen LogP contribution in [0.2, 0.25) is 0 Å². The van der Waals surface area contributed by atoms with Crippen molar-refractivity contribution in [2.24, 2.45) is 10.3 Å². The highest BCUT2D eigenvalue weighted by Gasteiger charge is 2.55. The fourth-order valence-corrected chi connectivity index (χ4v) is 4.20. The molecule has 0 radical (unpaired) electrons. The third-order valence-corrected chi connectivity index (χ3v) is 5.38. The summed E-state index contributed by atoms with van der Waals surface area (Å²) in [5.41, 5.74) is -0.526. The van der Waals surface area contributed by atoms with Crippen molar-refractivity contribution in [3.63, 3.8) is 0 Å². The van der Waals surface area contributed by atoms with Crippen molar-refractivity contribution in [3.05, 3.63) is 34.1 Å². The number of nitro benzene ring substituents is 1. The highest BCUT2D eigenvalue weighted by Crippen LogP contribution is 2.46. The van der Waals surface area contributed by atoms with Gasteiger partial charge in [0.05, 0.1) is 29.9 Å². The van der Waals surface area contributed by atoms with Gasteiger partial charge >= 0.3 is 0 Å². The van der Waals surface area contributed by atoms with Gasteiger partial charge in [0.1, 0.15) is 11.7 Å². The molecule has 134 valence electrons. The second kappa shape index (κ2) is 6.30. The van der Waals surface area contributed by atoms with Crippen LogP contribution in [-0.4, -0.2) is 47.8 Å². The number of halogens is 1. The predicted octanol–water partition coefficient (Wildman–Crippen LogP) is 2.89. The van der Waals surface area contributed by atoms with E-state index < -0.39 is 16.4 Å². The molecule has 1 saturated heterocycles. The third kappa shape index (κ3) is 2.58. The van der Waals surface area contributed by atoms with E-state index in [-0.39, 0.29) is 17.4 Å². The maximum absolute atomic E-state index is 14.7. The van der Waals surface area contributed by atoms with Gasteiger partial charge in [-0.05, 0) is 25.3 Å². The van der Waals surface area contributed by atoms with Gasteiger partial charge in [0.25, 0.3) is 5.69 Å². The summed E-state index contributed by atoms with van der Waals surface area (Å²) in [6.07, 6.45) is 3.84. The maximum atomic E-state index is 14.7. The highest BCUT2D eigenvalue weighted by molar-refractivity contribution is 5.54. The monoisotopic (exact) mass is 349 g/mol. The van der Waals surface area contributed by atoms with Crippen LogP contribution in [0.15, 0.2) is 28.5 Å². The average molecular weight is 349 g/mol. The molecule has 0 bridgehead atoms. The molecule has 2 heterocycles. The molecule has 1 saturated carbocycles. The van der Waals surface area contributed by atoms with Crippen LogP contribution in [0.25, 0.3) is 0 Å². The Balaban J connectivity index is 1.74. The first-order chi connectivity index (χ1) is 12.1. The molecule has 0 amide bonds. The number of fused-ring (bicyclic) bond motifs is 1. The molecule has 2 unspecified atom stereocenters. The standard InChI is InChI=1S/C16H20FN5O3/c17-13-11-12(22(23)24)4-5-14(13)21-16(20-7-9-25-10-8-20)6-2-1-3-15(16)18-19-21/h4-5,11,15H,1-3,6-10H2. The Bertz CT molecular complexity index is 709. The van der Waals surface area contributed by atoms with Gasteiger partial charge < -0.3 is 4.74 Å². The number of hydrogen-bond donors (Lipinski definition) is 0. The molecule has 0 N–H and O–H groups in total. The van der Waals surface area contributed by atoms with Gasteiger partial charge in [0.15, 0.2) is 5.82 Å². The van der Waals surface area contributed by atoms with Crippen LogP contribution in [0.1, 0.15) is 25.7 Å². The number of non-ortho nitro benzene ring substituents is 1. The molecule has 1 aromatic carbocycles. The number of benzene rings is 1. The van der Waals surface area contributed by atoms with E-state index in [1.165, 1.54) is 12.1 Å². The van der Waals surface area contributed by atoms with Gasteiger partial charge in [-0.25, -0.2) is 9.40 Å². The number of rotatable bonds is 3. The lowest BCUT2D eigenvalue weighted by Gasteiger charge is -2.51. The number of ether oxygens (including phenoxy) is 1. The minimum Gasteiger partial charge on any atom is -0.379 e. The van der Waals surface area contributed by atoms with Crippen molar-refractivity contribution in [2.45, 2.75) is 37.4 Å². The van der Waals surface area contributed by atoms with Crippen LogP contribution in [-0.2, 0) is 4.74 Å². The van der Waals surface area contributed by atoms with Gasteiger partial charge in [0.2, 0.25) is 0 Å². The summed E-state index contributed by atoms with van der Waals surface area (Å²) >= 11 is 0. The summed E-state index contributed by atoms with van der Waals surface area (Å²) in [5, 5.41) is 21.3. The number of nitro groups is 1. The summed E-state index contributed by atoms with van der Waals surface area (Å²) in [5.74, 6) is -0.646. The topological polar surface area (TPSA) is 83.6 Å². The van der Waals surface area contributed by atoms with Gasteiger partial charge in [-0.3, -0.25) is 15.0 Å². The Hall–Kier alpha value is -2.13. The fraction of sp³-hybridized carbons (Fsp3) is 0.625. The lowest BCUT2D eigenvalue weighted by atomic mass is 9.82. The molecule has 0 aromatic heterocycles. The molecule has 4 rings (SSSR count). The van der Waals surface area contributed by atoms with Crippen molar-refractivity contribution < 1.29 is 14.1 Å². The van der Waals surface area contributed by atoms with Crippen LogP contribution in [0, 0.1) is 15.9 Å². The van der Waals surface area contributed by atoms with Gasteiger partial charge in [-0.1, -0.05) is 11.6 Å². The normalized spacial score (nSPS) is 29.6. The number of anilines is 1. The van der Waals surface area contributed by atoms with E-state index in [4.69, 9.17) is 4.74 Å². The van der Waals surface area contributed by atoms with Crippen molar-refractivity contribution in [3.8, 4) is 0 Å². The Morgan fingerprint density at radius 1 is 1.32 bits per heavy atom. The lowest BCUT2D eigenvalue weighted by molar-refractivity contribution is -0.385. The zero-order valence-electron chi connectivity index (χ0n) is 13.8. The van der Waals surface area contributed by atoms with E-state index in [9.17, 15) is 14.5 Å². The third-order valence-electron chi connectivity index (χ3n) is 5.38. The fourth-order valence-electron chi connectivity index (χ4n) is 4.20. The number of nitrogens with zero attached hydrogens (tertiary/aromatic N) is 5. The zero-order chi connectivity index (χ0) is 17.4. The van der Waals surface area contributed by atoms with E-state index in [0.717, 1.165) is 44.8 Å². The van der Waals surface area contributed by atoms with Crippen LogP contribution >= 0.6 is 0 Å². The molecule has 8 nitrogen and oxygen atoms in total. The van der Waals surface area contributed by atoms with Crippen molar-refractivity contribution in [2.75, 3.05) is 31.3 Å². The summed E-state index contributed by atoms with van der Waals surface area (Å²) in [6.45, 7) is 2.75. The largest absolute Gasteiger partial charge is 0.379 e. The second-order valence-corrected chi connectivity index (χ2v) is 6.65. The predicted molar refractivity (Wildman–Crippen MR) is 87.8 cm³/mol. The van der Waals surface area contributed by atoms with E-state index in [2.05, 4.69) is 15.2 Å². The molecule has 3 aliphatic rings. The summed E-state index contributed by atoms with van der Waals surface area (Å²) in [6, 6.07) is 3.69. The molecule has 9 heteroatoms. The first-order valence-electron chi connectivity index (χ1n) is 8.61. The summed E-state index contributed by atoms with van der Waals surface area (Å²) in [4.78, 5) is 12.6. The minimum atomic E-state index is -0.646. The first-order valence-corrected chi connectivity index (χ1v) is 8.61. The summed E-state index contributed by atoms with van der Waals surface area (Å²) in [7, 11) is 0. The van der Waals surface area contributed by atoms with Crippen molar-refractivity contribution in [1.29, 1.82) is 0 Å². The van der Waals surface area contributed by atoms with E-state index >= 15 is 0 Å². The molecule has 2 fully saturated rings. The zero-order valence-corrected chi connectivity index (χ0v) is 13.8. The molecule has 2 atom stereocenters. The van der Waals surface area contributed by atoms with Crippen LogP contribution in [0.5, 0.6) is 0 Å².